The van der Waals surface area contributed by atoms with Crippen LogP contribution in [0.3, 0.4) is 0 Å². The summed E-state index contributed by atoms with van der Waals surface area (Å²) in [5.74, 6) is 0.198. The molecule has 0 fully saturated rings. The van der Waals surface area contributed by atoms with Crippen LogP contribution in [0.2, 0.25) is 0 Å². The van der Waals surface area contributed by atoms with Crippen LogP contribution in [-0.2, 0) is 16.4 Å². The van der Waals surface area contributed by atoms with Crippen LogP contribution >= 0.6 is 0 Å². The van der Waals surface area contributed by atoms with Gasteiger partial charge in [-0.2, -0.15) is 0 Å². The van der Waals surface area contributed by atoms with Crippen molar-refractivity contribution in [3.8, 4) is 22.6 Å². The van der Waals surface area contributed by atoms with E-state index in [4.69, 9.17) is 5.14 Å². The second-order valence-corrected chi connectivity index (χ2v) is 8.67. The molecule has 0 bridgehead atoms. The molecule has 0 unspecified atom stereocenters. The lowest BCUT2D eigenvalue weighted by atomic mass is 9.91. The average molecular weight is 397 g/mol. The fourth-order valence-electron chi connectivity index (χ4n) is 3.23. The number of hydrogen-bond acceptors (Lipinski definition) is 4. The van der Waals surface area contributed by atoms with Gasteiger partial charge in [0.15, 0.2) is 0 Å². The van der Waals surface area contributed by atoms with Crippen LogP contribution in [0.25, 0.3) is 11.1 Å². The topological polar surface area (TPSA) is 101 Å². The fourth-order valence-corrected chi connectivity index (χ4v) is 3.74. The van der Waals surface area contributed by atoms with E-state index < -0.39 is 10.0 Å². The third kappa shape index (κ3) is 4.18. The summed E-state index contributed by atoms with van der Waals surface area (Å²) < 4.78 is 22.8. The van der Waals surface area contributed by atoms with Gasteiger partial charge in [-0.05, 0) is 52.8 Å². The largest absolute Gasteiger partial charge is 0.508 e. The first-order valence-electron chi connectivity index (χ1n) is 8.92. The molecule has 0 radical (unpaired) electrons. The van der Waals surface area contributed by atoms with Crippen molar-refractivity contribution in [3.63, 3.8) is 0 Å². The summed E-state index contributed by atoms with van der Waals surface area (Å²) in [4.78, 5) is 0.0716. The molecule has 0 heterocycles. The van der Waals surface area contributed by atoms with Crippen LogP contribution in [0.5, 0.6) is 11.5 Å². The summed E-state index contributed by atoms with van der Waals surface area (Å²) in [7, 11) is -3.72. The Bertz CT molecular complexity index is 1100. The molecule has 3 aromatic carbocycles. The molecule has 0 aliphatic heterocycles. The van der Waals surface area contributed by atoms with Crippen molar-refractivity contribution in [2.75, 3.05) is 0 Å². The van der Waals surface area contributed by atoms with E-state index in [0.717, 1.165) is 22.3 Å². The molecule has 0 aromatic heterocycles. The van der Waals surface area contributed by atoms with E-state index in [9.17, 15) is 18.6 Å². The molecule has 0 aliphatic carbocycles. The summed E-state index contributed by atoms with van der Waals surface area (Å²) in [6.45, 7) is 3.96. The third-order valence-corrected chi connectivity index (χ3v) is 5.65. The molecule has 3 rings (SSSR count). The quantitative estimate of drug-likeness (QED) is 0.603. The van der Waals surface area contributed by atoms with E-state index in [-0.39, 0.29) is 22.3 Å². The molecule has 0 amide bonds. The van der Waals surface area contributed by atoms with Gasteiger partial charge >= 0.3 is 0 Å². The lowest BCUT2D eigenvalue weighted by Gasteiger charge is -2.16. The number of rotatable bonds is 5. The summed E-state index contributed by atoms with van der Waals surface area (Å²) in [5.41, 5.74) is 4.17. The smallest absolute Gasteiger partial charge is 0.238 e. The second kappa shape index (κ2) is 7.66. The summed E-state index contributed by atoms with van der Waals surface area (Å²) in [6, 6.07) is 17.3. The monoisotopic (exact) mass is 397 g/mol. The molecule has 6 heteroatoms. The van der Waals surface area contributed by atoms with E-state index in [1.54, 1.807) is 12.1 Å². The number of primary sulfonamides is 1. The summed E-state index contributed by atoms with van der Waals surface area (Å²) >= 11 is 0. The number of aromatic hydroxyl groups is 2. The maximum Gasteiger partial charge on any atom is 0.238 e. The zero-order valence-corrected chi connectivity index (χ0v) is 16.6. The highest BCUT2D eigenvalue weighted by Crippen LogP contribution is 2.39. The standard InChI is InChI=1S/C22H23NO4S/c1-14(2)19-12-20(22(25)13-21(19)24)18-6-4-3-5-16(18)11-15-7-9-17(10-8-15)28(23,26)27/h3-10,12-14,24-25H,11H2,1-2H3,(H2,23,26,27). The summed E-state index contributed by atoms with van der Waals surface area (Å²) in [6.07, 6.45) is 0.554. The Balaban J connectivity index is 2.02. The van der Waals surface area contributed by atoms with E-state index >= 15 is 0 Å². The molecule has 0 atom stereocenters. The second-order valence-electron chi connectivity index (χ2n) is 7.11. The zero-order valence-electron chi connectivity index (χ0n) is 15.8. The molecular formula is C22H23NO4S. The molecule has 0 aliphatic rings. The highest BCUT2D eigenvalue weighted by Gasteiger charge is 2.15. The van der Waals surface area contributed by atoms with Gasteiger partial charge in [0.2, 0.25) is 10.0 Å². The van der Waals surface area contributed by atoms with Crippen molar-refractivity contribution < 1.29 is 18.6 Å². The van der Waals surface area contributed by atoms with Gasteiger partial charge in [-0.15, -0.1) is 0 Å². The molecule has 3 aromatic rings. The molecule has 0 saturated carbocycles. The van der Waals surface area contributed by atoms with Crippen molar-refractivity contribution in [1.82, 2.24) is 0 Å². The van der Waals surface area contributed by atoms with E-state index in [1.165, 1.54) is 18.2 Å². The SMILES string of the molecule is CC(C)c1cc(-c2ccccc2Cc2ccc(S(N)(=O)=O)cc2)c(O)cc1O. The van der Waals surface area contributed by atoms with Crippen molar-refractivity contribution >= 4 is 10.0 Å². The number of nitrogens with two attached hydrogens (primary N) is 1. The van der Waals surface area contributed by atoms with Crippen molar-refractivity contribution in [1.29, 1.82) is 0 Å². The normalized spacial score (nSPS) is 11.7. The first kappa shape index (κ1) is 19.9. The fraction of sp³-hybridized carbons (Fsp3) is 0.182. The molecule has 0 spiro atoms. The number of sulfonamides is 1. The minimum atomic E-state index is -3.72. The van der Waals surface area contributed by atoms with Crippen LogP contribution < -0.4 is 5.14 Å². The lowest BCUT2D eigenvalue weighted by Crippen LogP contribution is -2.11. The Morgan fingerprint density at radius 1 is 0.893 bits per heavy atom. The minimum absolute atomic E-state index is 0.0129. The molecule has 0 saturated heterocycles. The van der Waals surface area contributed by atoms with Crippen molar-refractivity contribution in [3.05, 3.63) is 77.4 Å². The van der Waals surface area contributed by atoms with Crippen LogP contribution in [0.1, 0.15) is 36.5 Å². The van der Waals surface area contributed by atoms with Crippen molar-refractivity contribution in [2.24, 2.45) is 5.14 Å². The first-order chi connectivity index (χ1) is 13.2. The van der Waals surface area contributed by atoms with Gasteiger partial charge in [-0.25, -0.2) is 13.6 Å². The molecule has 28 heavy (non-hydrogen) atoms. The predicted molar refractivity (Wildman–Crippen MR) is 110 cm³/mol. The van der Waals surface area contributed by atoms with Gasteiger partial charge in [-0.3, -0.25) is 0 Å². The Hall–Kier alpha value is -2.83. The van der Waals surface area contributed by atoms with Gasteiger partial charge < -0.3 is 10.2 Å². The minimum Gasteiger partial charge on any atom is -0.508 e. The third-order valence-electron chi connectivity index (χ3n) is 4.72. The van der Waals surface area contributed by atoms with Gasteiger partial charge in [0.1, 0.15) is 11.5 Å². The number of hydrogen-bond donors (Lipinski definition) is 3. The summed E-state index contributed by atoms with van der Waals surface area (Å²) in [5, 5.41) is 25.7. The van der Waals surface area contributed by atoms with Crippen LogP contribution in [-0.4, -0.2) is 18.6 Å². The first-order valence-corrected chi connectivity index (χ1v) is 10.5. The highest BCUT2D eigenvalue weighted by molar-refractivity contribution is 7.89. The lowest BCUT2D eigenvalue weighted by molar-refractivity contribution is 0.445. The van der Waals surface area contributed by atoms with Crippen LogP contribution in [0.4, 0.5) is 0 Å². The van der Waals surface area contributed by atoms with Gasteiger partial charge in [-0.1, -0.05) is 50.2 Å². The maximum atomic E-state index is 11.4. The zero-order chi connectivity index (χ0) is 20.5. The van der Waals surface area contributed by atoms with E-state index in [0.29, 0.717) is 12.0 Å². The van der Waals surface area contributed by atoms with Crippen molar-refractivity contribution in [2.45, 2.75) is 31.1 Å². The molecule has 4 N–H and O–H groups in total. The number of phenolic OH excluding ortho intramolecular Hbond substituents is 2. The Morgan fingerprint density at radius 2 is 1.54 bits per heavy atom. The van der Waals surface area contributed by atoms with Gasteiger partial charge in [0.05, 0.1) is 4.90 Å². The Labute approximate surface area is 165 Å². The predicted octanol–water partition coefficient (Wildman–Crippen LogP) is 4.13. The molecular weight excluding hydrogens is 374 g/mol. The number of phenols is 2. The van der Waals surface area contributed by atoms with Gasteiger partial charge in [0, 0.05) is 11.6 Å². The maximum absolute atomic E-state index is 11.4. The highest BCUT2D eigenvalue weighted by atomic mass is 32.2. The van der Waals surface area contributed by atoms with E-state index in [2.05, 4.69) is 0 Å². The average Bonchev–Trinajstić information content (AvgIpc) is 2.62. The molecule has 146 valence electrons. The van der Waals surface area contributed by atoms with Gasteiger partial charge in [0.25, 0.3) is 0 Å². The van der Waals surface area contributed by atoms with E-state index in [1.807, 2.05) is 44.2 Å². The Morgan fingerprint density at radius 3 is 2.14 bits per heavy atom. The van der Waals surface area contributed by atoms with Crippen LogP contribution in [0, 0.1) is 0 Å². The van der Waals surface area contributed by atoms with Crippen LogP contribution in [0.15, 0.2) is 65.6 Å². The Kier molecular flexibility index (Phi) is 5.45. The number of benzene rings is 3. The molecule has 5 nitrogen and oxygen atoms in total.